The van der Waals surface area contributed by atoms with E-state index < -0.39 is 0 Å². The highest BCUT2D eigenvalue weighted by atomic mass is 32.1. The van der Waals surface area contributed by atoms with Gasteiger partial charge in [-0.2, -0.15) is 12.6 Å². The predicted molar refractivity (Wildman–Crippen MR) is 79.8 cm³/mol. The van der Waals surface area contributed by atoms with Crippen molar-refractivity contribution in [2.45, 2.75) is 25.5 Å². The highest BCUT2D eigenvalue weighted by molar-refractivity contribution is 7.79. The first-order valence-electron chi connectivity index (χ1n) is 6.08. The van der Waals surface area contributed by atoms with Crippen LogP contribution in [0, 0.1) is 0 Å². The Kier molecular flexibility index (Phi) is 5.08. The summed E-state index contributed by atoms with van der Waals surface area (Å²) in [5.74, 6) is 1.70. The van der Waals surface area contributed by atoms with Crippen LogP contribution in [0.2, 0.25) is 0 Å². The zero-order valence-corrected chi connectivity index (χ0v) is 12.1. The van der Waals surface area contributed by atoms with E-state index in [0.717, 1.165) is 29.3 Å². The molecule has 0 aliphatic carbocycles. The van der Waals surface area contributed by atoms with E-state index in [9.17, 15) is 0 Å². The normalized spacial score (nSPS) is 10.6. The van der Waals surface area contributed by atoms with Gasteiger partial charge >= 0.3 is 0 Å². The minimum Gasteiger partial charge on any atom is -0.493 e. The highest BCUT2D eigenvalue weighted by Gasteiger charge is 2.03. The first-order chi connectivity index (χ1) is 8.83. The molecule has 0 radical (unpaired) electrons. The molecule has 18 heavy (non-hydrogen) atoms. The van der Waals surface area contributed by atoms with Crippen LogP contribution in [0.25, 0.3) is 0 Å². The lowest BCUT2D eigenvalue weighted by Gasteiger charge is -2.09. The van der Waals surface area contributed by atoms with E-state index in [4.69, 9.17) is 4.74 Å². The zero-order chi connectivity index (χ0) is 12.8. The fourth-order valence-electron chi connectivity index (χ4n) is 1.72. The van der Waals surface area contributed by atoms with Crippen LogP contribution in [0.5, 0.6) is 5.75 Å². The minimum absolute atomic E-state index is 0.677. The summed E-state index contributed by atoms with van der Waals surface area (Å²) in [4.78, 5) is 4.46. The molecule has 2 nitrogen and oxygen atoms in total. The summed E-state index contributed by atoms with van der Waals surface area (Å²) in [6, 6.07) is 8.19. The van der Waals surface area contributed by atoms with Gasteiger partial charge in [0.15, 0.2) is 0 Å². The Balaban J connectivity index is 1.88. The maximum absolute atomic E-state index is 5.82. The van der Waals surface area contributed by atoms with Gasteiger partial charge < -0.3 is 4.74 Å². The Hall–Kier alpha value is -1.000. The Labute approximate surface area is 117 Å². The van der Waals surface area contributed by atoms with Gasteiger partial charge in [-0.15, -0.1) is 11.3 Å². The van der Waals surface area contributed by atoms with Crippen molar-refractivity contribution in [3.05, 3.63) is 45.9 Å². The fraction of sp³-hybridized carbons (Fsp3) is 0.357. The molecule has 0 atom stereocenters. The Bertz CT molecular complexity index is 496. The van der Waals surface area contributed by atoms with Crippen molar-refractivity contribution in [2.24, 2.45) is 0 Å². The molecule has 0 fully saturated rings. The molecule has 1 heterocycles. The topological polar surface area (TPSA) is 22.1 Å². The van der Waals surface area contributed by atoms with Gasteiger partial charge in [-0.3, -0.25) is 0 Å². The van der Waals surface area contributed by atoms with Gasteiger partial charge in [0.1, 0.15) is 5.75 Å². The second-order valence-electron chi connectivity index (χ2n) is 3.95. The molecule has 1 aromatic carbocycles. The largest absolute Gasteiger partial charge is 0.493 e. The van der Waals surface area contributed by atoms with Gasteiger partial charge in [0, 0.05) is 17.6 Å². The smallest absolute Gasteiger partial charge is 0.122 e. The highest BCUT2D eigenvalue weighted by Crippen LogP contribution is 2.19. The van der Waals surface area contributed by atoms with E-state index in [-0.39, 0.29) is 0 Å². The van der Waals surface area contributed by atoms with Crippen molar-refractivity contribution in [3.8, 4) is 5.75 Å². The number of thiazole rings is 1. The van der Waals surface area contributed by atoms with Crippen molar-refractivity contribution in [1.82, 2.24) is 4.98 Å². The monoisotopic (exact) mass is 279 g/mol. The van der Waals surface area contributed by atoms with Gasteiger partial charge in [-0.05, 0) is 18.1 Å². The van der Waals surface area contributed by atoms with Crippen LogP contribution < -0.4 is 4.74 Å². The molecule has 0 N–H and O–H groups in total. The Morgan fingerprint density at radius 3 is 2.89 bits per heavy atom. The van der Waals surface area contributed by atoms with Crippen molar-refractivity contribution in [1.29, 1.82) is 0 Å². The number of aryl methyl sites for hydroxylation is 1. The number of rotatable bonds is 6. The molecule has 0 saturated carbocycles. The minimum atomic E-state index is 0.677. The molecule has 0 amide bonds. The summed E-state index contributed by atoms with van der Waals surface area (Å²) in [5, 5.41) is 3.18. The summed E-state index contributed by atoms with van der Waals surface area (Å²) >= 11 is 5.89. The first kappa shape index (κ1) is 13.4. The zero-order valence-electron chi connectivity index (χ0n) is 10.4. The van der Waals surface area contributed by atoms with Crippen LogP contribution in [-0.4, -0.2) is 11.6 Å². The number of para-hydroxylation sites is 1. The molecule has 0 spiro atoms. The van der Waals surface area contributed by atoms with E-state index in [1.807, 2.05) is 18.2 Å². The fourth-order valence-corrected chi connectivity index (χ4v) is 2.79. The summed E-state index contributed by atoms with van der Waals surface area (Å²) in [6.07, 6.45) is 1.85. The van der Waals surface area contributed by atoms with Crippen molar-refractivity contribution >= 4 is 24.0 Å². The van der Waals surface area contributed by atoms with Crippen molar-refractivity contribution in [2.75, 3.05) is 6.61 Å². The molecule has 4 heteroatoms. The van der Waals surface area contributed by atoms with E-state index in [1.54, 1.807) is 11.3 Å². The lowest BCUT2D eigenvalue weighted by atomic mass is 10.1. The molecular formula is C14H17NOS2. The molecule has 2 rings (SSSR count). The summed E-state index contributed by atoms with van der Waals surface area (Å²) < 4.78 is 5.82. The van der Waals surface area contributed by atoms with Crippen LogP contribution in [0.4, 0.5) is 0 Å². The lowest BCUT2D eigenvalue weighted by Crippen LogP contribution is -2.03. The molecule has 96 valence electrons. The third-order valence-corrected chi connectivity index (χ3v) is 3.97. The second-order valence-corrected chi connectivity index (χ2v) is 5.21. The molecule has 0 aliphatic heterocycles. The molecule has 0 unspecified atom stereocenters. The maximum atomic E-state index is 5.82. The second kappa shape index (κ2) is 6.81. The SMILES string of the molecule is CCc1ccccc1OCCc1nc(CS)cs1. The van der Waals surface area contributed by atoms with Crippen LogP contribution >= 0.6 is 24.0 Å². The molecular weight excluding hydrogens is 262 g/mol. The van der Waals surface area contributed by atoms with E-state index in [2.05, 4.69) is 36.0 Å². The van der Waals surface area contributed by atoms with E-state index in [1.165, 1.54) is 5.56 Å². The van der Waals surface area contributed by atoms with Gasteiger partial charge in [0.05, 0.1) is 17.3 Å². The predicted octanol–water partition coefficient (Wildman–Crippen LogP) is 3.76. The number of nitrogens with zero attached hydrogens (tertiary/aromatic N) is 1. The van der Waals surface area contributed by atoms with Crippen LogP contribution in [0.1, 0.15) is 23.2 Å². The third kappa shape index (κ3) is 3.50. The van der Waals surface area contributed by atoms with Crippen LogP contribution in [0.3, 0.4) is 0 Å². The molecule has 1 aromatic heterocycles. The van der Waals surface area contributed by atoms with Crippen LogP contribution in [-0.2, 0) is 18.6 Å². The molecule has 2 aromatic rings. The Morgan fingerprint density at radius 1 is 1.33 bits per heavy atom. The average molecular weight is 279 g/mol. The lowest BCUT2D eigenvalue weighted by molar-refractivity contribution is 0.318. The third-order valence-electron chi connectivity index (χ3n) is 2.69. The van der Waals surface area contributed by atoms with Gasteiger partial charge in [0.25, 0.3) is 0 Å². The first-order valence-corrected chi connectivity index (χ1v) is 7.59. The number of thiol groups is 1. The number of benzene rings is 1. The van der Waals surface area contributed by atoms with E-state index in [0.29, 0.717) is 12.4 Å². The molecule has 0 aliphatic rings. The van der Waals surface area contributed by atoms with Crippen molar-refractivity contribution in [3.63, 3.8) is 0 Å². The Morgan fingerprint density at radius 2 is 2.17 bits per heavy atom. The number of aromatic nitrogens is 1. The van der Waals surface area contributed by atoms with Gasteiger partial charge in [0.2, 0.25) is 0 Å². The van der Waals surface area contributed by atoms with E-state index >= 15 is 0 Å². The van der Waals surface area contributed by atoms with Crippen molar-refractivity contribution < 1.29 is 4.74 Å². The number of ether oxygens (including phenoxy) is 1. The molecule has 0 bridgehead atoms. The maximum Gasteiger partial charge on any atom is 0.122 e. The quantitative estimate of drug-likeness (QED) is 0.813. The number of hydrogen-bond acceptors (Lipinski definition) is 4. The summed E-state index contributed by atoms with van der Waals surface area (Å²) in [6.45, 7) is 2.82. The summed E-state index contributed by atoms with van der Waals surface area (Å²) in [5.41, 5.74) is 2.31. The average Bonchev–Trinajstić information content (AvgIpc) is 2.87. The summed E-state index contributed by atoms with van der Waals surface area (Å²) in [7, 11) is 0. The van der Waals surface area contributed by atoms with Gasteiger partial charge in [-0.1, -0.05) is 25.1 Å². The standard InChI is InChI=1S/C14H17NOS2/c1-2-11-5-3-4-6-13(11)16-8-7-14-15-12(9-17)10-18-14/h3-6,10,17H,2,7-9H2,1H3. The van der Waals surface area contributed by atoms with Crippen LogP contribution in [0.15, 0.2) is 29.6 Å². The number of hydrogen-bond donors (Lipinski definition) is 1. The van der Waals surface area contributed by atoms with Gasteiger partial charge in [-0.25, -0.2) is 4.98 Å². The molecule has 0 saturated heterocycles.